The molecule has 1 aromatic carbocycles. The Morgan fingerprint density at radius 3 is 2.32 bits per heavy atom. The SMILES string of the molecule is CC(C)n1nc(C(=O)Oc2ccc(C(F)(F)F)cc2)cc1N. The van der Waals surface area contributed by atoms with Crippen LogP contribution in [0.25, 0.3) is 0 Å². The summed E-state index contributed by atoms with van der Waals surface area (Å²) < 4.78 is 43.7. The Labute approximate surface area is 124 Å². The second-order valence-electron chi connectivity index (χ2n) is 4.90. The normalized spacial score (nSPS) is 11.7. The van der Waals surface area contributed by atoms with Gasteiger partial charge in [-0.15, -0.1) is 0 Å². The molecule has 0 unspecified atom stereocenters. The third kappa shape index (κ3) is 3.38. The van der Waals surface area contributed by atoms with Gasteiger partial charge in [0.05, 0.1) is 5.56 Å². The number of carbonyl (C=O) groups is 1. The first-order valence-electron chi connectivity index (χ1n) is 6.43. The lowest BCUT2D eigenvalue weighted by molar-refractivity contribution is -0.137. The number of ether oxygens (including phenoxy) is 1. The van der Waals surface area contributed by atoms with Crippen LogP contribution < -0.4 is 10.5 Å². The number of benzene rings is 1. The van der Waals surface area contributed by atoms with Crippen molar-refractivity contribution in [1.82, 2.24) is 9.78 Å². The molecule has 0 aliphatic rings. The molecular weight excluding hydrogens is 299 g/mol. The molecule has 8 heteroatoms. The number of esters is 1. The molecule has 22 heavy (non-hydrogen) atoms. The van der Waals surface area contributed by atoms with Crippen molar-refractivity contribution in [1.29, 1.82) is 0 Å². The van der Waals surface area contributed by atoms with Crippen LogP contribution in [0.2, 0.25) is 0 Å². The number of anilines is 1. The molecule has 0 aliphatic carbocycles. The number of hydrogen-bond donors (Lipinski definition) is 1. The highest BCUT2D eigenvalue weighted by Gasteiger charge is 2.30. The summed E-state index contributed by atoms with van der Waals surface area (Å²) in [5.41, 5.74) is 4.88. The average molecular weight is 313 g/mol. The van der Waals surface area contributed by atoms with Crippen LogP contribution in [0.4, 0.5) is 19.0 Å². The van der Waals surface area contributed by atoms with E-state index in [2.05, 4.69) is 5.10 Å². The fraction of sp³-hybridized carbons (Fsp3) is 0.286. The molecule has 0 aliphatic heterocycles. The van der Waals surface area contributed by atoms with Gasteiger partial charge in [-0.25, -0.2) is 9.48 Å². The second-order valence-corrected chi connectivity index (χ2v) is 4.90. The molecule has 2 rings (SSSR count). The summed E-state index contributed by atoms with van der Waals surface area (Å²) in [6, 6.07) is 5.14. The Morgan fingerprint density at radius 2 is 1.86 bits per heavy atom. The summed E-state index contributed by atoms with van der Waals surface area (Å²) in [6.07, 6.45) is -4.44. The molecule has 0 bridgehead atoms. The quantitative estimate of drug-likeness (QED) is 0.697. The van der Waals surface area contributed by atoms with Crippen LogP contribution in [0.1, 0.15) is 35.9 Å². The topological polar surface area (TPSA) is 70.1 Å². The fourth-order valence-electron chi connectivity index (χ4n) is 1.79. The van der Waals surface area contributed by atoms with Crippen LogP contribution in [-0.2, 0) is 6.18 Å². The molecule has 0 fully saturated rings. The minimum absolute atomic E-state index is 0.00401. The van der Waals surface area contributed by atoms with E-state index < -0.39 is 17.7 Å². The van der Waals surface area contributed by atoms with Crippen LogP contribution >= 0.6 is 0 Å². The van der Waals surface area contributed by atoms with E-state index in [-0.39, 0.29) is 17.5 Å². The molecular formula is C14H14F3N3O2. The van der Waals surface area contributed by atoms with Gasteiger partial charge in [-0.05, 0) is 38.1 Å². The summed E-state index contributed by atoms with van der Waals surface area (Å²) in [5, 5.41) is 4.00. The first kappa shape index (κ1) is 15.9. The molecule has 0 spiro atoms. The third-order valence-electron chi connectivity index (χ3n) is 2.86. The summed E-state index contributed by atoms with van der Waals surface area (Å²) in [5.74, 6) is -0.490. The Morgan fingerprint density at radius 1 is 1.27 bits per heavy atom. The van der Waals surface area contributed by atoms with Gasteiger partial charge in [0.25, 0.3) is 0 Å². The Balaban J connectivity index is 2.14. The molecule has 1 heterocycles. The number of alkyl halides is 3. The zero-order valence-electron chi connectivity index (χ0n) is 11.9. The predicted octanol–water partition coefficient (Wildman–Crippen LogP) is 3.28. The first-order chi connectivity index (χ1) is 10.2. The third-order valence-corrected chi connectivity index (χ3v) is 2.86. The van der Waals surface area contributed by atoms with Crippen molar-refractivity contribution in [3.05, 3.63) is 41.6 Å². The number of aromatic nitrogens is 2. The number of nitrogens with two attached hydrogens (primary N) is 1. The molecule has 0 saturated heterocycles. The summed E-state index contributed by atoms with van der Waals surface area (Å²) >= 11 is 0. The van der Waals surface area contributed by atoms with E-state index in [9.17, 15) is 18.0 Å². The smallest absolute Gasteiger partial charge is 0.416 e. The highest BCUT2D eigenvalue weighted by atomic mass is 19.4. The summed E-state index contributed by atoms with van der Waals surface area (Å²) in [4.78, 5) is 11.9. The highest BCUT2D eigenvalue weighted by Crippen LogP contribution is 2.30. The van der Waals surface area contributed by atoms with Crippen molar-refractivity contribution in [2.75, 3.05) is 5.73 Å². The van der Waals surface area contributed by atoms with Crippen molar-refractivity contribution in [2.24, 2.45) is 0 Å². The van der Waals surface area contributed by atoms with Crippen molar-refractivity contribution in [3.63, 3.8) is 0 Å². The molecule has 5 nitrogen and oxygen atoms in total. The van der Waals surface area contributed by atoms with Crippen molar-refractivity contribution in [3.8, 4) is 5.75 Å². The minimum atomic E-state index is -4.44. The van der Waals surface area contributed by atoms with Crippen LogP contribution in [0, 0.1) is 0 Å². The van der Waals surface area contributed by atoms with E-state index in [4.69, 9.17) is 10.5 Å². The first-order valence-corrected chi connectivity index (χ1v) is 6.43. The van der Waals surface area contributed by atoms with Gasteiger partial charge in [0.2, 0.25) is 0 Å². The molecule has 1 aromatic heterocycles. The zero-order chi connectivity index (χ0) is 16.5. The van der Waals surface area contributed by atoms with Gasteiger partial charge in [0.1, 0.15) is 11.6 Å². The van der Waals surface area contributed by atoms with E-state index in [0.717, 1.165) is 24.3 Å². The Hall–Kier alpha value is -2.51. The minimum Gasteiger partial charge on any atom is -0.422 e. The van der Waals surface area contributed by atoms with Gasteiger partial charge in [0, 0.05) is 12.1 Å². The van der Waals surface area contributed by atoms with Crippen molar-refractivity contribution in [2.45, 2.75) is 26.1 Å². The second kappa shape index (κ2) is 5.70. The number of halogens is 3. The van der Waals surface area contributed by atoms with Crippen LogP contribution in [0.5, 0.6) is 5.75 Å². The highest BCUT2D eigenvalue weighted by molar-refractivity contribution is 5.89. The zero-order valence-corrected chi connectivity index (χ0v) is 11.9. The molecule has 0 atom stereocenters. The number of nitrogens with zero attached hydrogens (tertiary/aromatic N) is 2. The lowest BCUT2D eigenvalue weighted by Crippen LogP contribution is -2.12. The molecule has 0 radical (unpaired) electrons. The summed E-state index contributed by atoms with van der Waals surface area (Å²) in [7, 11) is 0. The molecule has 0 amide bonds. The lowest BCUT2D eigenvalue weighted by atomic mass is 10.2. The van der Waals surface area contributed by atoms with E-state index in [1.165, 1.54) is 10.7 Å². The van der Waals surface area contributed by atoms with Gasteiger partial charge < -0.3 is 10.5 Å². The molecule has 118 valence electrons. The van der Waals surface area contributed by atoms with Gasteiger partial charge in [0.15, 0.2) is 5.69 Å². The van der Waals surface area contributed by atoms with Crippen molar-refractivity contribution < 1.29 is 22.7 Å². The lowest BCUT2D eigenvalue weighted by Gasteiger charge is -2.08. The van der Waals surface area contributed by atoms with Gasteiger partial charge in [-0.3, -0.25) is 0 Å². The largest absolute Gasteiger partial charge is 0.422 e. The van der Waals surface area contributed by atoms with E-state index in [0.29, 0.717) is 5.82 Å². The van der Waals surface area contributed by atoms with E-state index >= 15 is 0 Å². The molecule has 2 N–H and O–H groups in total. The predicted molar refractivity (Wildman–Crippen MR) is 73.4 cm³/mol. The van der Waals surface area contributed by atoms with Gasteiger partial charge >= 0.3 is 12.1 Å². The maximum absolute atomic E-state index is 12.4. The molecule has 2 aromatic rings. The maximum Gasteiger partial charge on any atom is 0.416 e. The maximum atomic E-state index is 12.4. The number of nitrogen functional groups attached to an aromatic ring is 1. The summed E-state index contributed by atoms with van der Waals surface area (Å²) in [6.45, 7) is 3.68. The standard InChI is InChI=1S/C14H14F3N3O2/c1-8(2)20-12(18)7-11(19-20)13(21)22-10-5-3-9(4-6-10)14(15,16)17/h3-8H,18H2,1-2H3. The van der Waals surface area contributed by atoms with E-state index in [1.54, 1.807) is 0 Å². The number of hydrogen-bond acceptors (Lipinski definition) is 4. The van der Waals surface area contributed by atoms with Gasteiger partial charge in [-0.2, -0.15) is 18.3 Å². The van der Waals surface area contributed by atoms with Crippen LogP contribution in [0.15, 0.2) is 30.3 Å². The Kier molecular flexibility index (Phi) is 4.11. The van der Waals surface area contributed by atoms with Crippen LogP contribution in [-0.4, -0.2) is 15.7 Å². The van der Waals surface area contributed by atoms with E-state index in [1.807, 2.05) is 13.8 Å². The number of carbonyl (C=O) groups excluding carboxylic acids is 1. The molecule has 0 saturated carbocycles. The monoisotopic (exact) mass is 313 g/mol. The fourth-order valence-corrected chi connectivity index (χ4v) is 1.79. The van der Waals surface area contributed by atoms with Crippen LogP contribution in [0.3, 0.4) is 0 Å². The number of rotatable bonds is 3. The average Bonchev–Trinajstić information content (AvgIpc) is 2.80. The van der Waals surface area contributed by atoms with Crippen molar-refractivity contribution >= 4 is 11.8 Å². The van der Waals surface area contributed by atoms with Gasteiger partial charge in [-0.1, -0.05) is 0 Å². The Bertz CT molecular complexity index is 676.